The van der Waals surface area contributed by atoms with E-state index in [1.54, 1.807) is 60.7 Å². The van der Waals surface area contributed by atoms with Crippen molar-refractivity contribution < 1.29 is 22.7 Å². The molecule has 1 amide bonds. The smallest absolute Gasteiger partial charge is 0.273 e. The Morgan fingerprint density at radius 2 is 1.65 bits per heavy atom. The van der Waals surface area contributed by atoms with E-state index >= 15 is 0 Å². The highest BCUT2D eigenvalue weighted by molar-refractivity contribution is 7.89. The van der Waals surface area contributed by atoms with Gasteiger partial charge in [0.05, 0.1) is 24.7 Å². The largest absolute Gasteiger partial charge is 0.497 e. The van der Waals surface area contributed by atoms with E-state index < -0.39 is 22.1 Å². The number of hydrogen-bond donors (Lipinski definition) is 2. The number of carbonyl (C=O) groups excluding carboxylic acids is 1. The summed E-state index contributed by atoms with van der Waals surface area (Å²) in [6.45, 7) is 0. The Bertz CT molecular complexity index is 1210. The maximum atomic E-state index is 13.3. The molecule has 31 heavy (non-hydrogen) atoms. The van der Waals surface area contributed by atoms with Gasteiger partial charge in [-0.15, -0.1) is 4.83 Å². The lowest BCUT2D eigenvalue weighted by Gasteiger charge is -2.38. The molecule has 0 aromatic heterocycles. The predicted octanol–water partition coefficient (Wildman–Crippen LogP) is 3.16. The number of carbonyl (C=O) groups is 1. The highest BCUT2D eigenvalue weighted by Gasteiger charge is 2.37. The molecule has 8 nitrogen and oxygen atoms in total. The van der Waals surface area contributed by atoms with E-state index in [1.165, 1.54) is 26.4 Å². The molecule has 160 valence electrons. The molecule has 1 atom stereocenters. The summed E-state index contributed by atoms with van der Waals surface area (Å²) in [7, 11) is -0.989. The fraction of sp³-hybridized carbons (Fsp3) is 0.136. The van der Waals surface area contributed by atoms with E-state index in [9.17, 15) is 13.2 Å². The van der Waals surface area contributed by atoms with Crippen molar-refractivity contribution in [3.05, 3.63) is 83.9 Å². The third kappa shape index (κ3) is 3.92. The van der Waals surface area contributed by atoms with E-state index in [0.717, 1.165) is 5.01 Å². The van der Waals surface area contributed by atoms with Crippen molar-refractivity contribution >= 4 is 21.6 Å². The Morgan fingerprint density at radius 1 is 0.935 bits per heavy atom. The zero-order chi connectivity index (χ0) is 22.0. The number of anilines is 1. The summed E-state index contributed by atoms with van der Waals surface area (Å²) in [5.74, 6) is 0.518. The summed E-state index contributed by atoms with van der Waals surface area (Å²) < 4.78 is 36.8. The number of fused-ring (bicyclic) bond motifs is 1. The Hall–Kier alpha value is -3.56. The van der Waals surface area contributed by atoms with Gasteiger partial charge in [-0.3, -0.25) is 4.79 Å². The highest BCUT2D eigenvalue weighted by Crippen LogP contribution is 2.37. The van der Waals surface area contributed by atoms with Gasteiger partial charge in [0.15, 0.2) is 0 Å². The first-order valence-corrected chi connectivity index (χ1v) is 10.9. The van der Waals surface area contributed by atoms with Crippen molar-refractivity contribution in [1.82, 2.24) is 9.84 Å². The SMILES string of the molecule is COc1ccc([C@H]2Nc3ccccc3C(=O)N2NS(=O)(=O)c2ccccc2)c(OC)c1. The van der Waals surface area contributed by atoms with Crippen LogP contribution in [-0.4, -0.2) is 33.6 Å². The molecule has 0 saturated carbocycles. The molecule has 1 aliphatic rings. The van der Waals surface area contributed by atoms with Crippen LogP contribution in [0.4, 0.5) is 5.69 Å². The lowest BCUT2D eigenvalue weighted by Crippen LogP contribution is -2.52. The molecular weight excluding hydrogens is 418 g/mol. The average Bonchev–Trinajstić information content (AvgIpc) is 2.81. The second kappa shape index (κ2) is 8.29. The Labute approximate surface area is 180 Å². The Kier molecular flexibility index (Phi) is 5.53. The van der Waals surface area contributed by atoms with Gasteiger partial charge < -0.3 is 14.8 Å². The van der Waals surface area contributed by atoms with Crippen LogP contribution in [0.1, 0.15) is 22.1 Å². The first-order valence-electron chi connectivity index (χ1n) is 9.43. The third-order valence-electron chi connectivity index (χ3n) is 4.93. The van der Waals surface area contributed by atoms with Crippen LogP contribution in [0.3, 0.4) is 0 Å². The highest BCUT2D eigenvalue weighted by atomic mass is 32.2. The molecule has 0 bridgehead atoms. The number of nitrogens with zero attached hydrogens (tertiary/aromatic N) is 1. The number of benzene rings is 3. The van der Waals surface area contributed by atoms with Gasteiger partial charge in [-0.1, -0.05) is 30.3 Å². The Balaban J connectivity index is 1.81. The Morgan fingerprint density at radius 3 is 2.35 bits per heavy atom. The van der Waals surface area contributed by atoms with E-state index in [0.29, 0.717) is 28.3 Å². The number of ether oxygens (including phenoxy) is 2. The summed E-state index contributed by atoms with van der Waals surface area (Å²) in [6, 6.07) is 19.9. The van der Waals surface area contributed by atoms with Crippen molar-refractivity contribution in [2.45, 2.75) is 11.1 Å². The van der Waals surface area contributed by atoms with Crippen molar-refractivity contribution in [2.24, 2.45) is 0 Å². The van der Waals surface area contributed by atoms with Crippen molar-refractivity contribution in [1.29, 1.82) is 0 Å². The zero-order valence-electron chi connectivity index (χ0n) is 16.9. The molecule has 0 radical (unpaired) electrons. The third-order valence-corrected chi connectivity index (χ3v) is 6.26. The normalized spacial score (nSPS) is 15.7. The number of para-hydroxylation sites is 1. The molecule has 1 aliphatic heterocycles. The van der Waals surface area contributed by atoms with Gasteiger partial charge in [0.2, 0.25) is 0 Å². The summed E-state index contributed by atoms with van der Waals surface area (Å²) in [6.07, 6.45) is -0.859. The van der Waals surface area contributed by atoms with E-state index in [1.807, 2.05) is 0 Å². The summed E-state index contributed by atoms with van der Waals surface area (Å²) >= 11 is 0. The minimum Gasteiger partial charge on any atom is -0.497 e. The molecule has 2 N–H and O–H groups in total. The van der Waals surface area contributed by atoms with Crippen LogP contribution in [0, 0.1) is 0 Å². The van der Waals surface area contributed by atoms with Gasteiger partial charge in [0.25, 0.3) is 15.9 Å². The maximum Gasteiger partial charge on any atom is 0.273 e. The lowest BCUT2D eigenvalue weighted by atomic mass is 10.0. The zero-order valence-corrected chi connectivity index (χ0v) is 17.7. The number of sulfonamides is 1. The van der Waals surface area contributed by atoms with Crippen LogP contribution in [0.15, 0.2) is 77.7 Å². The van der Waals surface area contributed by atoms with E-state index in [2.05, 4.69) is 10.1 Å². The molecule has 1 heterocycles. The molecule has 0 unspecified atom stereocenters. The van der Waals surface area contributed by atoms with Crippen molar-refractivity contribution in [3.8, 4) is 11.5 Å². The van der Waals surface area contributed by atoms with Gasteiger partial charge in [-0.2, -0.15) is 0 Å². The average molecular weight is 439 g/mol. The van der Waals surface area contributed by atoms with Gasteiger partial charge in [0, 0.05) is 17.3 Å². The van der Waals surface area contributed by atoms with Gasteiger partial charge in [-0.25, -0.2) is 13.4 Å². The second-order valence-electron chi connectivity index (χ2n) is 6.78. The predicted molar refractivity (Wildman–Crippen MR) is 115 cm³/mol. The summed E-state index contributed by atoms with van der Waals surface area (Å²) in [4.78, 5) is 15.8. The van der Waals surface area contributed by atoms with Crippen LogP contribution in [0.5, 0.6) is 11.5 Å². The molecule has 0 spiro atoms. The van der Waals surface area contributed by atoms with Crippen LogP contribution < -0.4 is 19.6 Å². The summed E-state index contributed by atoms with van der Waals surface area (Å²) in [5, 5.41) is 4.30. The van der Waals surface area contributed by atoms with Crippen LogP contribution in [0.25, 0.3) is 0 Å². The molecular formula is C22H21N3O5S. The number of hydrazine groups is 1. The standard InChI is InChI=1S/C22H21N3O5S/c1-29-15-12-13-18(20(14-15)30-2)21-23-19-11-7-6-10-17(19)22(26)25(21)24-31(27,28)16-8-4-3-5-9-16/h3-14,21,23-24H,1-2H3/t21-/m0/s1. The fourth-order valence-electron chi connectivity index (χ4n) is 3.39. The van der Waals surface area contributed by atoms with Gasteiger partial charge in [-0.05, 0) is 36.4 Å². The monoisotopic (exact) mass is 439 g/mol. The minimum atomic E-state index is -4.02. The molecule has 0 aliphatic carbocycles. The molecule has 3 aromatic carbocycles. The minimum absolute atomic E-state index is 0.0436. The fourth-order valence-corrected chi connectivity index (χ4v) is 4.46. The van der Waals surface area contributed by atoms with Gasteiger partial charge >= 0.3 is 0 Å². The first-order chi connectivity index (χ1) is 14.9. The van der Waals surface area contributed by atoms with Crippen molar-refractivity contribution in [2.75, 3.05) is 19.5 Å². The van der Waals surface area contributed by atoms with E-state index in [-0.39, 0.29) is 4.90 Å². The van der Waals surface area contributed by atoms with Crippen LogP contribution in [0.2, 0.25) is 0 Å². The number of nitrogens with one attached hydrogen (secondary N) is 2. The van der Waals surface area contributed by atoms with Crippen LogP contribution in [-0.2, 0) is 10.0 Å². The second-order valence-corrected chi connectivity index (χ2v) is 8.44. The maximum absolute atomic E-state index is 13.3. The van der Waals surface area contributed by atoms with Gasteiger partial charge in [0.1, 0.15) is 17.7 Å². The summed E-state index contributed by atoms with van der Waals surface area (Å²) in [5.41, 5.74) is 1.49. The van der Waals surface area contributed by atoms with Crippen molar-refractivity contribution in [3.63, 3.8) is 0 Å². The lowest BCUT2D eigenvalue weighted by molar-refractivity contribution is 0.0630. The number of rotatable bonds is 6. The number of amides is 1. The number of methoxy groups -OCH3 is 2. The topological polar surface area (TPSA) is 97.0 Å². The quantitative estimate of drug-likeness (QED) is 0.612. The molecule has 0 fully saturated rings. The molecule has 9 heteroatoms. The van der Waals surface area contributed by atoms with E-state index in [4.69, 9.17) is 9.47 Å². The molecule has 4 rings (SSSR count). The van der Waals surface area contributed by atoms with Crippen LogP contribution >= 0.6 is 0 Å². The molecule has 0 saturated heterocycles. The molecule has 3 aromatic rings. The number of hydrogen-bond acceptors (Lipinski definition) is 6. The first kappa shape index (κ1) is 20.7.